The number of para-hydroxylation sites is 1. The van der Waals surface area contributed by atoms with Crippen molar-refractivity contribution in [3.63, 3.8) is 0 Å². The normalized spacial score (nSPS) is 11.3. The number of fused-ring (bicyclic) bond motifs is 1. The number of anilines is 4. The summed E-state index contributed by atoms with van der Waals surface area (Å²) < 4.78 is 29.5. The molecule has 5 nitrogen and oxygen atoms in total. The van der Waals surface area contributed by atoms with Crippen molar-refractivity contribution in [3.05, 3.63) is 71.8 Å². The average molecular weight is 421 g/mol. The number of pyridine rings is 1. The van der Waals surface area contributed by atoms with Gasteiger partial charge in [0.2, 0.25) is 5.95 Å². The van der Waals surface area contributed by atoms with E-state index in [0.717, 1.165) is 23.2 Å². The Morgan fingerprint density at radius 3 is 2.39 bits per heavy atom. The van der Waals surface area contributed by atoms with Crippen molar-refractivity contribution in [2.45, 2.75) is 33.7 Å². The highest BCUT2D eigenvalue weighted by Crippen LogP contribution is 2.29. The number of aromatic nitrogens is 3. The van der Waals surface area contributed by atoms with E-state index in [-0.39, 0.29) is 11.6 Å². The SMILES string of the molecule is CCc1cc2nc(Nc3ccccc3F)n(CC(C)C)c2nc1Nc1ccc(F)cc1. The predicted octanol–water partition coefficient (Wildman–Crippen LogP) is 6.42. The third-order valence-corrected chi connectivity index (χ3v) is 4.96. The Kier molecular flexibility index (Phi) is 5.84. The zero-order chi connectivity index (χ0) is 22.0. The fourth-order valence-electron chi connectivity index (χ4n) is 3.45. The van der Waals surface area contributed by atoms with Crippen LogP contribution in [0.25, 0.3) is 11.2 Å². The summed E-state index contributed by atoms with van der Waals surface area (Å²) in [4.78, 5) is 9.58. The van der Waals surface area contributed by atoms with E-state index in [1.54, 1.807) is 30.3 Å². The third-order valence-electron chi connectivity index (χ3n) is 4.96. The molecule has 0 aliphatic carbocycles. The first-order valence-corrected chi connectivity index (χ1v) is 10.4. The van der Waals surface area contributed by atoms with E-state index in [1.165, 1.54) is 18.2 Å². The molecule has 0 spiro atoms. The van der Waals surface area contributed by atoms with Crippen LogP contribution in [0.3, 0.4) is 0 Å². The summed E-state index contributed by atoms with van der Waals surface area (Å²) >= 11 is 0. The van der Waals surface area contributed by atoms with Gasteiger partial charge in [-0.2, -0.15) is 0 Å². The molecule has 2 aromatic carbocycles. The van der Waals surface area contributed by atoms with Crippen molar-refractivity contribution in [2.75, 3.05) is 10.6 Å². The number of hydrogen-bond acceptors (Lipinski definition) is 4. The predicted molar refractivity (Wildman–Crippen MR) is 121 cm³/mol. The first-order valence-electron chi connectivity index (χ1n) is 10.4. The maximum atomic E-state index is 14.2. The van der Waals surface area contributed by atoms with Crippen molar-refractivity contribution in [1.82, 2.24) is 14.5 Å². The highest BCUT2D eigenvalue weighted by Gasteiger charge is 2.17. The van der Waals surface area contributed by atoms with Crippen LogP contribution in [-0.2, 0) is 13.0 Å². The molecule has 4 rings (SSSR count). The second kappa shape index (κ2) is 8.71. The topological polar surface area (TPSA) is 54.8 Å². The van der Waals surface area contributed by atoms with Crippen LogP contribution in [0.1, 0.15) is 26.3 Å². The van der Waals surface area contributed by atoms with Gasteiger partial charge in [-0.3, -0.25) is 4.57 Å². The van der Waals surface area contributed by atoms with Gasteiger partial charge >= 0.3 is 0 Å². The number of imidazole rings is 1. The number of rotatable bonds is 7. The summed E-state index contributed by atoms with van der Waals surface area (Å²) in [6.07, 6.45) is 0.750. The highest BCUT2D eigenvalue weighted by molar-refractivity contribution is 5.80. The maximum absolute atomic E-state index is 14.2. The molecule has 0 radical (unpaired) electrons. The van der Waals surface area contributed by atoms with Gasteiger partial charge in [-0.05, 0) is 60.4 Å². The van der Waals surface area contributed by atoms with E-state index >= 15 is 0 Å². The quantitative estimate of drug-likeness (QED) is 0.362. The minimum atomic E-state index is -0.341. The van der Waals surface area contributed by atoms with Crippen molar-refractivity contribution in [2.24, 2.45) is 5.92 Å². The Bertz CT molecular complexity index is 1200. The van der Waals surface area contributed by atoms with Gasteiger partial charge in [0.05, 0.1) is 5.69 Å². The third kappa shape index (κ3) is 4.50. The number of hydrogen-bond donors (Lipinski definition) is 2. The molecule has 160 valence electrons. The van der Waals surface area contributed by atoms with Crippen LogP contribution in [0, 0.1) is 17.6 Å². The number of halogens is 2. The lowest BCUT2D eigenvalue weighted by atomic mass is 10.2. The van der Waals surface area contributed by atoms with Crippen LogP contribution in [0.2, 0.25) is 0 Å². The summed E-state index contributed by atoms with van der Waals surface area (Å²) in [5.41, 5.74) is 3.55. The van der Waals surface area contributed by atoms with Gasteiger partial charge in [-0.25, -0.2) is 18.7 Å². The standard InChI is InChI=1S/C24H25F2N5/c1-4-16-13-21-23(30-22(16)27-18-11-9-17(25)10-12-18)31(14-15(2)3)24(29-21)28-20-8-6-5-7-19(20)26/h5-13,15H,4,14H2,1-3H3,(H,27,30)(H,28,29). The van der Waals surface area contributed by atoms with Crippen LogP contribution in [0.5, 0.6) is 0 Å². The summed E-state index contributed by atoms with van der Waals surface area (Å²) in [6.45, 7) is 6.93. The van der Waals surface area contributed by atoms with Crippen LogP contribution in [0.15, 0.2) is 54.6 Å². The molecule has 0 saturated carbocycles. The van der Waals surface area contributed by atoms with Gasteiger partial charge in [0.1, 0.15) is 23.0 Å². The molecule has 0 amide bonds. The summed E-state index contributed by atoms with van der Waals surface area (Å²) in [6, 6.07) is 14.7. The number of nitrogens with zero attached hydrogens (tertiary/aromatic N) is 3. The van der Waals surface area contributed by atoms with Gasteiger partial charge in [0, 0.05) is 12.2 Å². The molecule has 2 heterocycles. The minimum Gasteiger partial charge on any atom is -0.340 e. The van der Waals surface area contributed by atoms with Gasteiger partial charge in [0.25, 0.3) is 0 Å². The number of nitrogens with one attached hydrogen (secondary N) is 2. The molecule has 31 heavy (non-hydrogen) atoms. The molecule has 0 atom stereocenters. The van der Waals surface area contributed by atoms with Gasteiger partial charge in [-0.1, -0.05) is 32.9 Å². The fourth-order valence-corrected chi connectivity index (χ4v) is 3.45. The van der Waals surface area contributed by atoms with E-state index < -0.39 is 0 Å². The van der Waals surface area contributed by atoms with E-state index in [9.17, 15) is 8.78 Å². The lowest BCUT2D eigenvalue weighted by Gasteiger charge is -2.14. The molecule has 2 N–H and O–H groups in total. The molecule has 7 heteroatoms. The Morgan fingerprint density at radius 1 is 0.968 bits per heavy atom. The van der Waals surface area contributed by atoms with E-state index in [2.05, 4.69) is 24.5 Å². The van der Waals surface area contributed by atoms with E-state index in [4.69, 9.17) is 9.97 Å². The molecule has 2 aromatic heterocycles. The zero-order valence-corrected chi connectivity index (χ0v) is 17.8. The summed E-state index contributed by atoms with van der Waals surface area (Å²) in [5.74, 6) is 0.945. The van der Waals surface area contributed by atoms with Crippen LogP contribution >= 0.6 is 0 Å². The monoisotopic (exact) mass is 421 g/mol. The Hall–Kier alpha value is -3.48. The van der Waals surface area contributed by atoms with Crippen LogP contribution < -0.4 is 10.6 Å². The molecule has 0 saturated heterocycles. The molecule has 4 aromatic rings. The molecular weight excluding hydrogens is 396 g/mol. The Labute approximate surface area is 180 Å². The van der Waals surface area contributed by atoms with Crippen molar-refractivity contribution >= 4 is 34.3 Å². The molecular formula is C24H25F2N5. The highest BCUT2D eigenvalue weighted by atomic mass is 19.1. The van der Waals surface area contributed by atoms with Crippen molar-refractivity contribution in [1.29, 1.82) is 0 Å². The zero-order valence-electron chi connectivity index (χ0n) is 17.8. The van der Waals surface area contributed by atoms with Crippen LogP contribution in [0.4, 0.5) is 31.9 Å². The Balaban J connectivity index is 1.80. The second-order valence-electron chi connectivity index (χ2n) is 7.87. The average Bonchev–Trinajstić information content (AvgIpc) is 3.06. The van der Waals surface area contributed by atoms with Gasteiger partial charge in [0.15, 0.2) is 5.65 Å². The lowest BCUT2D eigenvalue weighted by molar-refractivity contribution is 0.535. The largest absolute Gasteiger partial charge is 0.340 e. The maximum Gasteiger partial charge on any atom is 0.209 e. The molecule has 0 bridgehead atoms. The fraction of sp³-hybridized carbons (Fsp3) is 0.250. The van der Waals surface area contributed by atoms with Crippen LogP contribution in [-0.4, -0.2) is 14.5 Å². The number of aryl methyl sites for hydroxylation is 1. The summed E-state index contributed by atoms with van der Waals surface area (Å²) in [7, 11) is 0. The molecule has 0 aliphatic rings. The lowest BCUT2D eigenvalue weighted by Crippen LogP contribution is -2.10. The van der Waals surface area contributed by atoms with E-state index in [0.29, 0.717) is 35.6 Å². The van der Waals surface area contributed by atoms with Crippen molar-refractivity contribution in [3.8, 4) is 0 Å². The van der Waals surface area contributed by atoms with E-state index in [1.807, 2.05) is 17.6 Å². The molecule has 0 fully saturated rings. The Morgan fingerprint density at radius 2 is 1.71 bits per heavy atom. The summed E-state index contributed by atoms with van der Waals surface area (Å²) in [5, 5.41) is 6.42. The minimum absolute atomic E-state index is 0.288. The molecule has 0 aliphatic heterocycles. The smallest absolute Gasteiger partial charge is 0.209 e. The van der Waals surface area contributed by atoms with Crippen molar-refractivity contribution < 1.29 is 8.78 Å². The van der Waals surface area contributed by atoms with Gasteiger partial charge in [-0.15, -0.1) is 0 Å². The first-order chi connectivity index (χ1) is 14.9. The van der Waals surface area contributed by atoms with Gasteiger partial charge < -0.3 is 10.6 Å². The first kappa shape index (κ1) is 20.8. The number of benzene rings is 2. The molecule has 0 unspecified atom stereocenters. The second-order valence-corrected chi connectivity index (χ2v) is 7.87.